The number of oxazole rings is 1. The van der Waals surface area contributed by atoms with Gasteiger partial charge in [-0.1, -0.05) is 24.3 Å². The maximum Gasteiger partial charge on any atom is 0.303 e. The van der Waals surface area contributed by atoms with Gasteiger partial charge in [-0.3, -0.25) is 9.78 Å². The second kappa shape index (κ2) is 10.1. The van der Waals surface area contributed by atoms with Gasteiger partial charge in [-0.15, -0.1) is 0 Å². The van der Waals surface area contributed by atoms with E-state index in [0.29, 0.717) is 25.3 Å². The number of benzene rings is 2. The Hall–Kier alpha value is -3.93. The summed E-state index contributed by atoms with van der Waals surface area (Å²) in [7, 11) is 0. The van der Waals surface area contributed by atoms with E-state index in [4.69, 9.17) is 19.2 Å². The second-order valence-corrected chi connectivity index (χ2v) is 7.90. The zero-order chi connectivity index (χ0) is 23.2. The molecule has 0 aliphatic heterocycles. The van der Waals surface area contributed by atoms with Crippen molar-refractivity contribution in [3.05, 3.63) is 89.4 Å². The first-order valence-corrected chi connectivity index (χ1v) is 10.9. The molecule has 168 valence electrons. The number of aryl methyl sites for hydroxylation is 3. The van der Waals surface area contributed by atoms with E-state index in [1.807, 2.05) is 74.5 Å². The molecule has 4 rings (SSSR count). The largest absolute Gasteiger partial charge is 0.493 e. The third kappa shape index (κ3) is 5.66. The van der Waals surface area contributed by atoms with Crippen molar-refractivity contribution in [3.63, 3.8) is 0 Å². The van der Waals surface area contributed by atoms with E-state index >= 15 is 0 Å². The molecule has 6 heteroatoms. The molecule has 6 nitrogen and oxygen atoms in total. The minimum absolute atomic E-state index is 0.125. The number of rotatable bonds is 9. The van der Waals surface area contributed by atoms with Gasteiger partial charge in [-0.2, -0.15) is 0 Å². The molecule has 0 fully saturated rings. The highest BCUT2D eigenvalue weighted by molar-refractivity contribution is 5.67. The molecule has 33 heavy (non-hydrogen) atoms. The summed E-state index contributed by atoms with van der Waals surface area (Å²) >= 11 is 0. The lowest BCUT2D eigenvalue weighted by atomic mass is 10.0. The number of carbonyl (C=O) groups is 1. The summed E-state index contributed by atoms with van der Waals surface area (Å²) in [6.07, 6.45) is 3.04. The number of carboxylic acid groups (broad SMARTS) is 1. The molecule has 0 radical (unpaired) electrons. The quantitative estimate of drug-likeness (QED) is 0.360. The van der Waals surface area contributed by atoms with E-state index in [9.17, 15) is 4.79 Å². The topological polar surface area (TPSA) is 85.5 Å². The van der Waals surface area contributed by atoms with Crippen LogP contribution < -0.4 is 4.74 Å². The Balaban J connectivity index is 1.40. The van der Waals surface area contributed by atoms with Gasteiger partial charge in [0.05, 0.1) is 18.0 Å². The average molecular weight is 443 g/mol. The Morgan fingerprint density at radius 2 is 1.85 bits per heavy atom. The summed E-state index contributed by atoms with van der Waals surface area (Å²) in [6.45, 7) is 4.35. The van der Waals surface area contributed by atoms with E-state index in [1.165, 1.54) is 0 Å². The molecule has 0 unspecified atom stereocenters. The third-order valence-corrected chi connectivity index (χ3v) is 5.49. The smallest absolute Gasteiger partial charge is 0.303 e. The Morgan fingerprint density at radius 3 is 2.61 bits per heavy atom. The van der Waals surface area contributed by atoms with Crippen molar-refractivity contribution in [1.82, 2.24) is 9.97 Å². The number of hydrogen-bond acceptors (Lipinski definition) is 5. The van der Waals surface area contributed by atoms with Crippen molar-refractivity contribution in [1.29, 1.82) is 0 Å². The molecule has 0 bridgehead atoms. The fourth-order valence-electron chi connectivity index (χ4n) is 3.67. The predicted octanol–water partition coefficient (Wildman–Crippen LogP) is 5.66. The summed E-state index contributed by atoms with van der Waals surface area (Å²) in [6, 6.07) is 19.6. The number of aromatic nitrogens is 2. The molecule has 0 amide bonds. The van der Waals surface area contributed by atoms with Crippen LogP contribution in [0.3, 0.4) is 0 Å². The summed E-state index contributed by atoms with van der Waals surface area (Å²) in [4.78, 5) is 19.9. The van der Waals surface area contributed by atoms with Crippen molar-refractivity contribution in [2.24, 2.45) is 0 Å². The Kier molecular flexibility index (Phi) is 6.83. The molecule has 0 saturated carbocycles. The van der Waals surface area contributed by atoms with Crippen molar-refractivity contribution in [2.75, 3.05) is 6.61 Å². The standard InChI is InChI=1S/C27H26N2O4/c1-18-16-23(11-9-20(18)10-12-26(30)31)32-15-13-24-19(2)33-27(29-24)22-7-5-6-21(17-22)25-8-3-4-14-28-25/h3-9,11,14,16-17H,10,12-13,15H2,1-2H3,(H,30,31). The molecule has 0 aliphatic rings. The highest BCUT2D eigenvalue weighted by atomic mass is 16.5. The fourth-order valence-corrected chi connectivity index (χ4v) is 3.67. The lowest BCUT2D eigenvalue weighted by Gasteiger charge is -2.09. The summed E-state index contributed by atoms with van der Waals surface area (Å²) in [5.41, 5.74) is 5.73. The Bertz CT molecular complexity index is 1250. The first kappa shape index (κ1) is 22.3. The molecule has 0 atom stereocenters. The van der Waals surface area contributed by atoms with Gasteiger partial charge < -0.3 is 14.3 Å². The van der Waals surface area contributed by atoms with Crippen LogP contribution in [0.5, 0.6) is 5.75 Å². The number of hydrogen-bond donors (Lipinski definition) is 1. The number of nitrogens with zero attached hydrogens (tertiary/aromatic N) is 2. The second-order valence-electron chi connectivity index (χ2n) is 7.90. The fraction of sp³-hybridized carbons (Fsp3) is 0.222. The highest BCUT2D eigenvalue weighted by Crippen LogP contribution is 2.27. The van der Waals surface area contributed by atoms with Crippen LogP contribution in [0.1, 0.15) is 29.0 Å². The predicted molar refractivity (Wildman–Crippen MR) is 126 cm³/mol. The van der Waals surface area contributed by atoms with Crippen molar-refractivity contribution < 1.29 is 19.1 Å². The lowest BCUT2D eigenvalue weighted by Crippen LogP contribution is -2.04. The lowest BCUT2D eigenvalue weighted by molar-refractivity contribution is -0.136. The van der Waals surface area contributed by atoms with Crippen LogP contribution in [0, 0.1) is 13.8 Å². The van der Waals surface area contributed by atoms with Gasteiger partial charge in [-0.05, 0) is 67.8 Å². The maximum absolute atomic E-state index is 10.8. The van der Waals surface area contributed by atoms with Crippen LogP contribution in [-0.4, -0.2) is 27.7 Å². The van der Waals surface area contributed by atoms with Gasteiger partial charge in [0.25, 0.3) is 0 Å². The number of aliphatic carboxylic acids is 1. The number of carboxylic acids is 1. The third-order valence-electron chi connectivity index (χ3n) is 5.49. The van der Waals surface area contributed by atoms with Crippen molar-refractivity contribution >= 4 is 5.97 Å². The molecule has 0 aliphatic carbocycles. The van der Waals surface area contributed by atoms with Crippen LogP contribution in [0.4, 0.5) is 0 Å². The molecule has 2 aromatic heterocycles. The normalized spacial score (nSPS) is 10.8. The van der Waals surface area contributed by atoms with Gasteiger partial charge in [-0.25, -0.2) is 4.98 Å². The molecule has 0 saturated heterocycles. The van der Waals surface area contributed by atoms with Gasteiger partial charge in [0.1, 0.15) is 11.5 Å². The highest BCUT2D eigenvalue weighted by Gasteiger charge is 2.13. The molecule has 1 N–H and O–H groups in total. The van der Waals surface area contributed by atoms with Gasteiger partial charge in [0, 0.05) is 30.2 Å². The van der Waals surface area contributed by atoms with Crippen molar-refractivity contribution in [2.45, 2.75) is 33.1 Å². The summed E-state index contributed by atoms with van der Waals surface area (Å²) in [5.74, 6) is 1.33. The molecular formula is C27H26N2O4. The average Bonchev–Trinajstić information content (AvgIpc) is 3.19. The van der Waals surface area contributed by atoms with Crippen LogP contribution in [0.15, 0.2) is 71.3 Å². The van der Waals surface area contributed by atoms with E-state index in [1.54, 1.807) is 6.20 Å². The SMILES string of the molecule is Cc1cc(OCCc2nc(-c3cccc(-c4ccccn4)c3)oc2C)ccc1CCC(=O)O. The minimum atomic E-state index is -0.791. The monoisotopic (exact) mass is 442 g/mol. The van der Waals surface area contributed by atoms with Gasteiger partial charge in [0.15, 0.2) is 0 Å². The minimum Gasteiger partial charge on any atom is -0.493 e. The molecule has 2 aromatic carbocycles. The number of pyridine rings is 1. The maximum atomic E-state index is 10.8. The van der Waals surface area contributed by atoms with Crippen molar-refractivity contribution in [3.8, 4) is 28.5 Å². The van der Waals surface area contributed by atoms with Crippen LogP contribution >= 0.6 is 0 Å². The summed E-state index contributed by atoms with van der Waals surface area (Å²) in [5, 5.41) is 8.87. The van der Waals surface area contributed by atoms with E-state index in [0.717, 1.165) is 45.2 Å². The van der Waals surface area contributed by atoms with E-state index in [2.05, 4.69) is 4.98 Å². The van der Waals surface area contributed by atoms with E-state index < -0.39 is 5.97 Å². The zero-order valence-corrected chi connectivity index (χ0v) is 18.7. The van der Waals surface area contributed by atoms with E-state index in [-0.39, 0.29) is 6.42 Å². The molecule has 0 spiro atoms. The van der Waals surface area contributed by atoms with Gasteiger partial charge >= 0.3 is 5.97 Å². The number of ether oxygens (including phenoxy) is 1. The Morgan fingerprint density at radius 1 is 1.00 bits per heavy atom. The summed E-state index contributed by atoms with van der Waals surface area (Å²) < 4.78 is 11.9. The Labute approximate surface area is 192 Å². The van der Waals surface area contributed by atoms with Crippen LogP contribution in [0.25, 0.3) is 22.7 Å². The first-order valence-electron chi connectivity index (χ1n) is 10.9. The molecular weight excluding hydrogens is 416 g/mol. The molecule has 2 heterocycles. The van der Waals surface area contributed by atoms with Crippen LogP contribution in [0.2, 0.25) is 0 Å². The zero-order valence-electron chi connectivity index (χ0n) is 18.7. The van der Waals surface area contributed by atoms with Crippen LogP contribution in [-0.2, 0) is 17.6 Å². The first-order chi connectivity index (χ1) is 16.0. The van der Waals surface area contributed by atoms with Gasteiger partial charge in [0.2, 0.25) is 5.89 Å². The molecule has 4 aromatic rings.